The summed E-state index contributed by atoms with van der Waals surface area (Å²) >= 11 is 0. The summed E-state index contributed by atoms with van der Waals surface area (Å²) in [4.78, 5) is 14.9. The average molecular weight is 419 g/mol. The van der Waals surface area contributed by atoms with E-state index in [2.05, 4.69) is 0 Å². The lowest BCUT2D eigenvalue weighted by Crippen LogP contribution is -2.30. The van der Waals surface area contributed by atoms with Crippen LogP contribution in [0.25, 0.3) is 0 Å². The molecule has 0 unspecified atom stereocenters. The third-order valence-corrected chi connectivity index (χ3v) is 6.76. The van der Waals surface area contributed by atoms with Crippen molar-refractivity contribution in [3.05, 3.63) is 65.7 Å². The first kappa shape index (κ1) is 23.1. The van der Waals surface area contributed by atoms with Crippen molar-refractivity contribution < 1.29 is 17.9 Å². The fourth-order valence-corrected chi connectivity index (χ4v) is 4.47. The van der Waals surface area contributed by atoms with Gasteiger partial charge in [-0.05, 0) is 43.9 Å². The molecule has 2 aromatic carbocycles. The molecule has 2 aromatic rings. The van der Waals surface area contributed by atoms with Gasteiger partial charge in [-0.2, -0.15) is 4.31 Å². The van der Waals surface area contributed by atoms with Crippen molar-refractivity contribution >= 4 is 16.0 Å². The molecule has 0 N–H and O–H groups in total. The molecule has 0 heterocycles. The van der Waals surface area contributed by atoms with Gasteiger partial charge in [0.1, 0.15) is 6.10 Å². The van der Waals surface area contributed by atoms with Gasteiger partial charge in [0.2, 0.25) is 10.0 Å². The Morgan fingerprint density at radius 1 is 0.966 bits per heavy atom. The van der Waals surface area contributed by atoms with Gasteiger partial charge in [-0.1, -0.05) is 44.2 Å². The maximum atomic E-state index is 12.7. The Morgan fingerprint density at radius 3 is 2.07 bits per heavy atom. The van der Waals surface area contributed by atoms with Gasteiger partial charge in [-0.15, -0.1) is 0 Å². The Labute approximate surface area is 174 Å². The van der Waals surface area contributed by atoms with Gasteiger partial charge in [0.25, 0.3) is 0 Å². The number of carbonyl (C=O) groups excluding carboxylic acids is 1. The van der Waals surface area contributed by atoms with Gasteiger partial charge < -0.3 is 9.64 Å². The maximum Gasteiger partial charge on any atom is 0.338 e. The van der Waals surface area contributed by atoms with E-state index in [1.165, 1.54) is 28.6 Å². The van der Waals surface area contributed by atoms with E-state index in [0.717, 1.165) is 12.1 Å². The molecular weight excluding hydrogens is 388 g/mol. The predicted octanol–water partition coefficient (Wildman–Crippen LogP) is 3.57. The third-order valence-electron chi connectivity index (χ3n) is 4.69. The van der Waals surface area contributed by atoms with Crippen molar-refractivity contribution in [2.75, 3.05) is 33.7 Å². The molecule has 0 aliphatic rings. The molecule has 0 fully saturated rings. The molecular formula is C22H30N2O4S. The highest BCUT2D eigenvalue weighted by Crippen LogP contribution is 2.24. The highest BCUT2D eigenvalue weighted by atomic mass is 32.2. The second-order valence-electron chi connectivity index (χ2n) is 7.01. The second kappa shape index (κ2) is 10.5. The molecule has 0 spiro atoms. The number of rotatable bonds is 10. The summed E-state index contributed by atoms with van der Waals surface area (Å²) in [5.74, 6) is -0.468. The Morgan fingerprint density at radius 2 is 1.55 bits per heavy atom. The molecule has 2 rings (SSSR count). The van der Waals surface area contributed by atoms with Crippen LogP contribution in [0.1, 0.15) is 42.3 Å². The molecule has 6 nitrogen and oxygen atoms in total. The first-order valence-corrected chi connectivity index (χ1v) is 11.2. The minimum absolute atomic E-state index is 0.171. The van der Waals surface area contributed by atoms with Gasteiger partial charge in [0.15, 0.2) is 0 Å². The molecule has 0 aliphatic heterocycles. The highest BCUT2D eigenvalue weighted by molar-refractivity contribution is 7.89. The molecule has 7 heteroatoms. The fraction of sp³-hybridized carbons (Fsp3) is 0.409. The van der Waals surface area contributed by atoms with Crippen molar-refractivity contribution in [3.63, 3.8) is 0 Å². The Balaban J connectivity index is 2.18. The molecule has 29 heavy (non-hydrogen) atoms. The standard InChI is InChI=1S/C22H30N2O4S/c1-5-24(6-2)29(26,27)20-14-12-19(13-15-20)22(25)28-21(16-17-23(3)4)18-10-8-7-9-11-18/h7-15,21H,5-6,16-17H2,1-4H3/t21-/m0/s1. The monoisotopic (exact) mass is 418 g/mol. The van der Waals surface area contributed by atoms with Crippen LogP contribution in [0, 0.1) is 0 Å². The summed E-state index contributed by atoms with van der Waals surface area (Å²) in [6.45, 7) is 5.16. The Kier molecular flexibility index (Phi) is 8.37. The number of carbonyl (C=O) groups is 1. The van der Waals surface area contributed by atoms with Gasteiger partial charge in [-0.25, -0.2) is 13.2 Å². The molecule has 0 bridgehead atoms. The predicted molar refractivity (Wildman–Crippen MR) is 114 cm³/mol. The summed E-state index contributed by atoms with van der Waals surface area (Å²) < 4.78 is 32.3. The second-order valence-corrected chi connectivity index (χ2v) is 8.95. The molecule has 0 amide bonds. The van der Waals surface area contributed by atoms with Crippen LogP contribution in [0.2, 0.25) is 0 Å². The molecule has 0 radical (unpaired) electrons. The van der Waals surface area contributed by atoms with Gasteiger partial charge in [0.05, 0.1) is 10.5 Å². The van der Waals surface area contributed by atoms with Crippen LogP contribution in [-0.2, 0) is 14.8 Å². The molecule has 0 aliphatic carbocycles. The van der Waals surface area contributed by atoms with E-state index in [-0.39, 0.29) is 11.0 Å². The van der Waals surface area contributed by atoms with Crippen LogP contribution in [0.15, 0.2) is 59.5 Å². The van der Waals surface area contributed by atoms with Gasteiger partial charge >= 0.3 is 5.97 Å². The smallest absolute Gasteiger partial charge is 0.338 e. The van der Waals surface area contributed by atoms with E-state index >= 15 is 0 Å². The third kappa shape index (κ3) is 6.13. The number of benzene rings is 2. The van der Waals surface area contributed by atoms with Crippen LogP contribution in [0.3, 0.4) is 0 Å². The van der Waals surface area contributed by atoms with Crippen molar-refractivity contribution in [1.82, 2.24) is 9.21 Å². The van der Waals surface area contributed by atoms with Gasteiger partial charge in [0, 0.05) is 26.1 Å². The van der Waals surface area contributed by atoms with E-state index in [9.17, 15) is 13.2 Å². The van der Waals surface area contributed by atoms with Crippen LogP contribution in [0.4, 0.5) is 0 Å². The number of esters is 1. The van der Waals surface area contributed by atoms with Crippen LogP contribution in [0.5, 0.6) is 0 Å². The van der Waals surface area contributed by atoms with E-state index < -0.39 is 16.0 Å². The summed E-state index contributed by atoms with van der Waals surface area (Å²) in [7, 11) is 0.390. The SMILES string of the molecule is CCN(CC)S(=O)(=O)c1ccc(C(=O)O[C@@H](CCN(C)C)c2ccccc2)cc1. The normalized spacial score (nSPS) is 12.9. The van der Waals surface area contributed by atoms with Crippen molar-refractivity contribution in [1.29, 1.82) is 0 Å². The van der Waals surface area contributed by atoms with Crippen LogP contribution in [-0.4, -0.2) is 57.3 Å². The number of hydrogen-bond acceptors (Lipinski definition) is 5. The summed E-state index contributed by atoms with van der Waals surface area (Å²) in [5.41, 5.74) is 1.26. The first-order chi connectivity index (χ1) is 13.8. The van der Waals surface area contributed by atoms with Crippen molar-refractivity contribution in [2.45, 2.75) is 31.3 Å². The largest absolute Gasteiger partial charge is 0.454 e. The Bertz CT molecular complexity index is 877. The summed E-state index contributed by atoms with van der Waals surface area (Å²) in [5, 5.41) is 0. The number of nitrogens with zero attached hydrogens (tertiary/aromatic N) is 2. The molecule has 1 atom stereocenters. The van der Waals surface area contributed by atoms with Crippen molar-refractivity contribution in [2.24, 2.45) is 0 Å². The summed E-state index contributed by atoms with van der Waals surface area (Å²) in [6.07, 6.45) is 0.294. The highest BCUT2D eigenvalue weighted by Gasteiger charge is 2.23. The fourth-order valence-electron chi connectivity index (χ4n) is 3.01. The topological polar surface area (TPSA) is 66.9 Å². The minimum atomic E-state index is -3.55. The molecule has 158 valence electrons. The average Bonchev–Trinajstić information content (AvgIpc) is 2.72. The maximum absolute atomic E-state index is 12.7. The number of sulfonamides is 1. The lowest BCUT2D eigenvalue weighted by atomic mass is 10.1. The first-order valence-electron chi connectivity index (χ1n) is 9.80. The lowest BCUT2D eigenvalue weighted by Gasteiger charge is -2.21. The summed E-state index contributed by atoms with van der Waals surface area (Å²) in [6, 6.07) is 15.6. The van der Waals surface area contributed by atoms with Crippen LogP contribution >= 0.6 is 0 Å². The van der Waals surface area contributed by atoms with E-state index in [1.807, 2.05) is 49.3 Å². The Hall–Kier alpha value is -2.22. The molecule has 0 saturated heterocycles. The number of ether oxygens (including phenoxy) is 1. The zero-order valence-electron chi connectivity index (χ0n) is 17.5. The van der Waals surface area contributed by atoms with E-state index in [4.69, 9.17) is 4.74 Å². The van der Waals surface area contributed by atoms with E-state index in [0.29, 0.717) is 25.1 Å². The zero-order valence-corrected chi connectivity index (χ0v) is 18.4. The quantitative estimate of drug-likeness (QED) is 0.552. The van der Waals surface area contributed by atoms with Crippen LogP contribution < -0.4 is 0 Å². The molecule has 0 aromatic heterocycles. The lowest BCUT2D eigenvalue weighted by molar-refractivity contribution is 0.0261. The number of hydrogen-bond donors (Lipinski definition) is 0. The minimum Gasteiger partial charge on any atom is -0.454 e. The zero-order chi connectivity index (χ0) is 21.4. The van der Waals surface area contributed by atoms with Crippen molar-refractivity contribution in [3.8, 4) is 0 Å². The van der Waals surface area contributed by atoms with Gasteiger partial charge in [-0.3, -0.25) is 0 Å². The molecule has 0 saturated carbocycles. The van der Waals surface area contributed by atoms with E-state index in [1.54, 1.807) is 13.8 Å².